The average Bonchev–Trinajstić information content (AvgIpc) is 2.59. The molecule has 0 aromatic rings. The van der Waals surface area contributed by atoms with Crippen LogP contribution in [-0.4, -0.2) is 99.2 Å². The molecule has 10 heteroatoms. The van der Waals surface area contributed by atoms with E-state index in [0.29, 0.717) is 18.9 Å². The van der Waals surface area contributed by atoms with Crippen LogP contribution in [0.25, 0.3) is 0 Å². The minimum atomic E-state index is -1.38. The number of hydrogen-bond acceptors (Lipinski definition) is 10. The summed E-state index contributed by atoms with van der Waals surface area (Å²) in [6.07, 6.45) is -9.15. The molecule has 1 aliphatic heterocycles. The SMILES string of the molecule is CC(C)CN[C@@H]1CC(N)[C@@H](O[C@H]2OC(C(C)O)[C@@H](O)[C@H](O)C2N)[C@H](O)C1O. The molecule has 5 unspecified atom stereocenters. The third-order valence-electron chi connectivity index (χ3n) is 5.29. The summed E-state index contributed by atoms with van der Waals surface area (Å²) in [5, 5.41) is 54.0. The molecule has 10 nitrogen and oxygen atoms in total. The topological polar surface area (TPSA) is 184 Å². The maximum atomic E-state index is 10.5. The van der Waals surface area contributed by atoms with Crippen molar-refractivity contribution in [3.8, 4) is 0 Å². The number of nitrogens with one attached hydrogen (secondary N) is 1. The summed E-state index contributed by atoms with van der Waals surface area (Å²) in [5.41, 5.74) is 12.0. The summed E-state index contributed by atoms with van der Waals surface area (Å²) >= 11 is 0. The maximum Gasteiger partial charge on any atom is 0.176 e. The fraction of sp³-hybridized carbons (Fsp3) is 1.00. The van der Waals surface area contributed by atoms with Gasteiger partial charge in [0.2, 0.25) is 0 Å². The number of aliphatic hydroxyl groups is 5. The summed E-state index contributed by atoms with van der Waals surface area (Å²) < 4.78 is 11.2. The van der Waals surface area contributed by atoms with Gasteiger partial charge in [-0.1, -0.05) is 13.8 Å². The lowest BCUT2D eigenvalue weighted by molar-refractivity contribution is -0.301. The minimum Gasteiger partial charge on any atom is -0.391 e. The molecule has 10 N–H and O–H groups in total. The molecule has 160 valence electrons. The van der Waals surface area contributed by atoms with E-state index in [0.717, 1.165) is 0 Å². The third kappa shape index (κ3) is 5.15. The van der Waals surface area contributed by atoms with Crippen molar-refractivity contribution in [3.05, 3.63) is 0 Å². The van der Waals surface area contributed by atoms with Crippen LogP contribution in [0.3, 0.4) is 0 Å². The number of rotatable bonds is 6. The van der Waals surface area contributed by atoms with Gasteiger partial charge in [0, 0.05) is 12.1 Å². The first-order valence-corrected chi connectivity index (χ1v) is 9.50. The Morgan fingerprint density at radius 3 is 2.22 bits per heavy atom. The Hall–Kier alpha value is -0.400. The van der Waals surface area contributed by atoms with Gasteiger partial charge >= 0.3 is 0 Å². The Morgan fingerprint density at radius 2 is 1.67 bits per heavy atom. The van der Waals surface area contributed by atoms with E-state index in [-0.39, 0.29) is 6.04 Å². The molecule has 0 amide bonds. The van der Waals surface area contributed by atoms with Crippen molar-refractivity contribution < 1.29 is 35.0 Å². The van der Waals surface area contributed by atoms with E-state index >= 15 is 0 Å². The highest BCUT2D eigenvalue weighted by atomic mass is 16.7. The predicted molar refractivity (Wildman–Crippen MR) is 96.4 cm³/mol. The minimum absolute atomic E-state index is 0.364. The molecule has 0 radical (unpaired) electrons. The van der Waals surface area contributed by atoms with Gasteiger partial charge in [0.1, 0.15) is 30.5 Å². The highest BCUT2D eigenvalue weighted by Gasteiger charge is 2.49. The molecule has 0 spiro atoms. The summed E-state index contributed by atoms with van der Waals surface area (Å²) in [6.45, 7) is 6.14. The van der Waals surface area contributed by atoms with E-state index in [1.807, 2.05) is 13.8 Å². The van der Waals surface area contributed by atoms with Gasteiger partial charge < -0.3 is 51.8 Å². The smallest absolute Gasteiger partial charge is 0.176 e. The molecule has 2 rings (SSSR count). The van der Waals surface area contributed by atoms with Crippen LogP contribution < -0.4 is 16.8 Å². The lowest BCUT2D eigenvalue weighted by atomic mass is 9.83. The van der Waals surface area contributed by atoms with Crippen LogP contribution in [-0.2, 0) is 9.47 Å². The Bertz CT molecular complexity index is 470. The molecular weight excluding hydrogens is 358 g/mol. The molecule has 0 aromatic carbocycles. The van der Waals surface area contributed by atoms with Gasteiger partial charge in [0.25, 0.3) is 0 Å². The zero-order valence-electron chi connectivity index (χ0n) is 16.0. The third-order valence-corrected chi connectivity index (χ3v) is 5.29. The molecule has 0 aromatic heterocycles. The monoisotopic (exact) mass is 393 g/mol. The van der Waals surface area contributed by atoms with E-state index in [2.05, 4.69) is 5.32 Å². The fourth-order valence-electron chi connectivity index (χ4n) is 3.61. The lowest BCUT2D eigenvalue weighted by Crippen LogP contribution is -2.68. The number of aliphatic hydroxyl groups excluding tert-OH is 5. The second-order valence-corrected chi connectivity index (χ2v) is 8.16. The number of hydrogen-bond donors (Lipinski definition) is 8. The average molecular weight is 393 g/mol. The van der Waals surface area contributed by atoms with Crippen molar-refractivity contribution in [3.63, 3.8) is 0 Å². The van der Waals surface area contributed by atoms with Crippen molar-refractivity contribution in [2.75, 3.05) is 6.54 Å². The van der Waals surface area contributed by atoms with Crippen LogP contribution in [0.2, 0.25) is 0 Å². The van der Waals surface area contributed by atoms with Gasteiger partial charge in [-0.25, -0.2) is 0 Å². The van der Waals surface area contributed by atoms with E-state index in [9.17, 15) is 25.5 Å². The van der Waals surface area contributed by atoms with Crippen LogP contribution in [0.15, 0.2) is 0 Å². The van der Waals surface area contributed by atoms with E-state index in [1.54, 1.807) is 0 Å². The molecule has 1 aliphatic carbocycles. The Kier molecular flexibility index (Phi) is 7.97. The van der Waals surface area contributed by atoms with Crippen molar-refractivity contribution in [2.24, 2.45) is 17.4 Å². The summed E-state index contributed by atoms with van der Waals surface area (Å²) in [4.78, 5) is 0. The van der Waals surface area contributed by atoms with Gasteiger partial charge in [-0.05, 0) is 25.8 Å². The lowest BCUT2D eigenvalue weighted by Gasteiger charge is -2.47. The molecule has 11 atom stereocenters. The van der Waals surface area contributed by atoms with Crippen molar-refractivity contribution in [1.82, 2.24) is 5.32 Å². The Morgan fingerprint density at radius 1 is 1.04 bits per heavy atom. The second-order valence-electron chi connectivity index (χ2n) is 8.16. The first-order valence-electron chi connectivity index (χ1n) is 9.50. The first-order chi connectivity index (χ1) is 12.5. The standard InChI is InChI=1S/C17H35N3O7/c1-6(2)5-20-9-4-8(18)16(13(24)11(9)22)27-17-10(19)12(23)14(25)15(26-17)7(3)21/h6-17,20-25H,4-5,18-19H2,1-3H3/t7?,8?,9-,10?,11?,12-,13-,14+,15?,16-,17-/m1/s1. The van der Waals surface area contributed by atoms with Gasteiger partial charge in [-0.3, -0.25) is 0 Å². The van der Waals surface area contributed by atoms with E-state index in [1.165, 1.54) is 6.92 Å². The highest BCUT2D eigenvalue weighted by Crippen LogP contribution is 2.28. The van der Waals surface area contributed by atoms with Gasteiger partial charge in [-0.2, -0.15) is 0 Å². The summed E-state index contributed by atoms with van der Waals surface area (Å²) in [6, 6.07) is -2.10. The first kappa shape index (κ1) is 22.9. The molecule has 27 heavy (non-hydrogen) atoms. The molecular formula is C17H35N3O7. The fourth-order valence-corrected chi connectivity index (χ4v) is 3.61. The number of nitrogens with two attached hydrogens (primary N) is 2. The van der Waals surface area contributed by atoms with Gasteiger partial charge in [0.15, 0.2) is 6.29 Å². The highest BCUT2D eigenvalue weighted by molar-refractivity contribution is 5.00. The largest absolute Gasteiger partial charge is 0.391 e. The second kappa shape index (κ2) is 9.40. The van der Waals surface area contributed by atoms with Crippen LogP contribution in [0.5, 0.6) is 0 Å². The van der Waals surface area contributed by atoms with Crippen molar-refractivity contribution in [1.29, 1.82) is 0 Å². The Balaban J connectivity index is 2.05. The maximum absolute atomic E-state index is 10.5. The predicted octanol–water partition coefficient (Wildman–Crippen LogP) is -3.41. The zero-order chi connectivity index (χ0) is 20.5. The normalized spacial score (nSPS) is 47.2. The quantitative estimate of drug-likeness (QED) is 0.226. The van der Waals surface area contributed by atoms with Crippen molar-refractivity contribution in [2.45, 2.75) is 94.3 Å². The summed E-state index contributed by atoms with van der Waals surface area (Å²) in [5.74, 6) is 0.374. The van der Waals surface area contributed by atoms with E-state index < -0.39 is 61.1 Å². The van der Waals surface area contributed by atoms with Crippen LogP contribution in [0.1, 0.15) is 27.2 Å². The van der Waals surface area contributed by atoms with Crippen molar-refractivity contribution >= 4 is 0 Å². The molecule has 1 saturated heterocycles. The Labute approximate surface area is 159 Å². The van der Waals surface area contributed by atoms with Crippen LogP contribution >= 0.6 is 0 Å². The zero-order valence-corrected chi connectivity index (χ0v) is 16.0. The van der Waals surface area contributed by atoms with Gasteiger partial charge in [0.05, 0.1) is 18.2 Å². The van der Waals surface area contributed by atoms with Crippen LogP contribution in [0.4, 0.5) is 0 Å². The molecule has 1 saturated carbocycles. The molecule has 2 fully saturated rings. The molecule has 2 aliphatic rings. The van der Waals surface area contributed by atoms with Crippen LogP contribution in [0, 0.1) is 5.92 Å². The molecule has 0 bridgehead atoms. The van der Waals surface area contributed by atoms with Gasteiger partial charge in [-0.15, -0.1) is 0 Å². The molecule has 1 heterocycles. The number of ether oxygens (including phenoxy) is 2. The van der Waals surface area contributed by atoms with E-state index in [4.69, 9.17) is 20.9 Å². The summed E-state index contributed by atoms with van der Waals surface area (Å²) in [7, 11) is 0.